The Bertz CT molecular complexity index is 3230. The first-order valence-electron chi connectivity index (χ1n) is 18.9. The van der Waals surface area contributed by atoms with Crippen molar-refractivity contribution < 1.29 is 4.42 Å². The molecule has 11 aromatic rings. The molecule has 0 bridgehead atoms. The fourth-order valence-corrected chi connectivity index (χ4v) is 8.19. The van der Waals surface area contributed by atoms with Gasteiger partial charge >= 0.3 is 0 Å². The van der Waals surface area contributed by atoms with Gasteiger partial charge in [0, 0.05) is 33.0 Å². The topological polar surface area (TPSA) is 43.9 Å². The summed E-state index contributed by atoms with van der Waals surface area (Å²) >= 11 is 0. The van der Waals surface area contributed by atoms with Crippen molar-refractivity contribution in [2.45, 2.75) is 0 Å². The van der Waals surface area contributed by atoms with E-state index < -0.39 is 0 Å². The number of hydrogen-bond acceptors (Lipinski definition) is 3. The van der Waals surface area contributed by atoms with Crippen LogP contribution < -0.4 is 0 Å². The van der Waals surface area contributed by atoms with Crippen molar-refractivity contribution in [1.82, 2.24) is 14.5 Å². The van der Waals surface area contributed by atoms with Crippen LogP contribution in [0.25, 0.3) is 106 Å². The molecule has 0 aliphatic rings. The minimum atomic E-state index is 0.649. The lowest BCUT2D eigenvalue weighted by atomic mass is 9.95. The van der Waals surface area contributed by atoms with Gasteiger partial charge in [-0.25, -0.2) is 9.97 Å². The summed E-state index contributed by atoms with van der Waals surface area (Å²) in [4.78, 5) is 10.9. The quantitative estimate of drug-likeness (QED) is 0.172. The summed E-state index contributed by atoms with van der Waals surface area (Å²) < 4.78 is 8.60. The molecule has 3 aromatic heterocycles. The van der Waals surface area contributed by atoms with Gasteiger partial charge in [-0.3, -0.25) is 4.57 Å². The molecule has 0 aliphatic heterocycles. The molecule has 0 N–H and O–H groups in total. The van der Waals surface area contributed by atoms with Crippen LogP contribution in [0.4, 0.5) is 0 Å². The predicted molar refractivity (Wildman–Crippen MR) is 231 cm³/mol. The number of hydrogen-bond donors (Lipinski definition) is 0. The van der Waals surface area contributed by atoms with Gasteiger partial charge in [-0.15, -0.1) is 0 Å². The summed E-state index contributed by atoms with van der Waals surface area (Å²) in [6.45, 7) is 0. The van der Waals surface area contributed by atoms with Crippen molar-refractivity contribution in [3.63, 3.8) is 0 Å². The van der Waals surface area contributed by atoms with Crippen LogP contribution in [0.5, 0.6) is 0 Å². The Morgan fingerprint density at radius 3 is 1.68 bits per heavy atom. The van der Waals surface area contributed by atoms with Gasteiger partial charge in [0.05, 0.1) is 16.6 Å². The normalized spacial score (nSPS) is 11.6. The lowest BCUT2D eigenvalue weighted by Gasteiger charge is -2.12. The maximum Gasteiger partial charge on any atom is 0.162 e. The Hall–Kier alpha value is -7.56. The molecule has 0 atom stereocenters. The van der Waals surface area contributed by atoms with E-state index in [-0.39, 0.29) is 0 Å². The second kappa shape index (κ2) is 13.1. The summed E-state index contributed by atoms with van der Waals surface area (Å²) in [5, 5.41) is 4.18. The van der Waals surface area contributed by atoms with Crippen LogP contribution in [0.1, 0.15) is 0 Å². The van der Waals surface area contributed by atoms with Crippen LogP contribution in [0.15, 0.2) is 205 Å². The van der Waals surface area contributed by atoms with Crippen molar-refractivity contribution in [3.05, 3.63) is 200 Å². The maximum atomic E-state index is 6.33. The zero-order valence-corrected chi connectivity index (χ0v) is 30.3. The number of fused-ring (bicyclic) bond motifs is 6. The zero-order chi connectivity index (χ0) is 37.0. The molecule has 3 heterocycles. The Kier molecular flexibility index (Phi) is 7.46. The second-order valence-corrected chi connectivity index (χ2v) is 14.2. The van der Waals surface area contributed by atoms with Crippen LogP contribution >= 0.6 is 0 Å². The average Bonchev–Trinajstić information content (AvgIpc) is 3.83. The third kappa shape index (κ3) is 5.31. The number of benzene rings is 8. The first kappa shape index (κ1) is 31.9. The monoisotopic (exact) mass is 715 g/mol. The summed E-state index contributed by atoms with van der Waals surface area (Å²) in [5.74, 6) is 0.649. The third-order valence-electron chi connectivity index (χ3n) is 10.8. The van der Waals surface area contributed by atoms with Crippen molar-refractivity contribution in [2.24, 2.45) is 0 Å². The summed E-state index contributed by atoms with van der Waals surface area (Å²) in [6.07, 6.45) is 0. The third-order valence-corrected chi connectivity index (χ3v) is 10.8. The number of furan rings is 1. The maximum absolute atomic E-state index is 6.33. The highest BCUT2D eigenvalue weighted by Crippen LogP contribution is 2.41. The Balaban J connectivity index is 1.11. The molecule has 0 radical (unpaired) electrons. The minimum Gasteiger partial charge on any atom is -0.456 e. The van der Waals surface area contributed by atoms with Crippen LogP contribution in [-0.4, -0.2) is 14.5 Å². The molecule has 262 valence electrons. The Labute approximate surface area is 323 Å². The average molecular weight is 716 g/mol. The molecule has 0 aliphatic carbocycles. The van der Waals surface area contributed by atoms with E-state index in [1.165, 1.54) is 22.3 Å². The number of aromatic nitrogens is 3. The fourth-order valence-electron chi connectivity index (χ4n) is 8.19. The van der Waals surface area contributed by atoms with E-state index in [0.717, 1.165) is 77.5 Å². The van der Waals surface area contributed by atoms with Gasteiger partial charge in [0.25, 0.3) is 0 Å². The summed E-state index contributed by atoms with van der Waals surface area (Å²) in [5.41, 5.74) is 14.5. The number of rotatable bonds is 6. The van der Waals surface area contributed by atoms with E-state index in [1.54, 1.807) is 0 Å². The van der Waals surface area contributed by atoms with Gasteiger partial charge in [-0.1, -0.05) is 158 Å². The highest BCUT2D eigenvalue weighted by molar-refractivity contribution is 6.16. The molecule has 0 saturated heterocycles. The van der Waals surface area contributed by atoms with Crippen molar-refractivity contribution in [2.75, 3.05) is 0 Å². The van der Waals surface area contributed by atoms with E-state index in [4.69, 9.17) is 14.4 Å². The first-order valence-corrected chi connectivity index (χ1v) is 18.9. The van der Waals surface area contributed by atoms with Gasteiger partial charge in [0.15, 0.2) is 5.82 Å². The molecule has 0 unspecified atom stereocenters. The van der Waals surface area contributed by atoms with Crippen LogP contribution in [0, 0.1) is 0 Å². The second-order valence-electron chi connectivity index (χ2n) is 14.2. The molecular weight excluding hydrogens is 683 g/mol. The van der Waals surface area contributed by atoms with Gasteiger partial charge in [0.2, 0.25) is 0 Å². The molecule has 8 aromatic carbocycles. The van der Waals surface area contributed by atoms with Crippen LogP contribution in [0.2, 0.25) is 0 Å². The fraction of sp³-hybridized carbons (Fsp3) is 0. The van der Waals surface area contributed by atoms with Gasteiger partial charge in [-0.05, 0) is 75.8 Å². The summed E-state index contributed by atoms with van der Waals surface area (Å²) in [7, 11) is 0. The van der Waals surface area contributed by atoms with E-state index >= 15 is 0 Å². The van der Waals surface area contributed by atoms with E-state index in [2.05, 4.69) is 174 Å². The highest BCUT2D eigenvalue weighted by atomic mass is 16.3. The van der Waals surface area contributed by atoms with Crippen molar-refractivity contribution >= 4 is 43.9 Å². The zero-order valence-electron chi connectivity index (χ0n) is 30.3. The number of para-hydroxylation sites is 3. The van der Waals surface area contributed by atoms with Crippen LogP contribution in [-0.2, 0) is 0 Å². The van der Waals surface area contributed by atoms with Gasteiger partial charge in [0.1, 0.15) is 16.8 Å². The molecule has 4 nitrogen and oxygen atoms in total. The molecule has 0 fully saturated rings. The lowest BCUT2D eigenvalue weighted by Crippen LogP contribution is -1.99. The molecule has 56 heavy (non-hydrogen) atoms. The molecule has 11 rings (SSSR count). The predicted octanol–water partition coefficient (Wildman–Crippen LogP) is 13.8. The molecule has 4 heteroatoms. The number of nitrogens with zero attached hydrogens (tertiary/aromatic N) is 3. The SMILES string of the molecule is c1ccc(-c2ccc(-c3cccc(-c4cccc(-c5nc(-c6cccc7oc8ccccc8c67)nc6c5c5ccccc5n6-c5ccccc5)c4)c3)cc2)cc1. The largest absolute Gasteiger partial charge is 0.456 e. The van der Waals surface area contributed by atoms with Gasteiger partial charge < -0.3 is 4.42 Å². The summed E-state index contributed by atoms with van der Waals surface area (Å²) in [6, 6.07) is 70.3. The smallest absolute Gasteiger partial charge is 0.162 e. The van der Waals surface area contributed by atoms with Gasteiger partial charge in [-0.2, -0.15) is 0 Å². The van der Waals surface area contributed by atoms with Crippen molar-refractivity contribution in [1.29, 1.82) is 0 Å². The Morgan fingerprint density at radius 2 is 0.911 bits per heavy atom. The van der Waals surface area contributed by atoms with E-state index in [1.807, 2.05) is 30.3 Å². The Morgan fingerprint density at radius 1 is 0.375 bits per heavy atom. The van der Waals surface area contributed by atoms with Crippen molar-refractivity contribution in [3.8, 4) is 61.7 Å². The minimum absolute atomic E-state index is 0.649. The highest BCUT2D eigenvalue weighted by Gasteiger charge is 2.23. The lowest BCUT2D eigenvalue weighted by molar-refractivity contribution is 0.669. The van der Waals surface area contributed by atoms with E-state index in [9.17, 15) is 0 Å². The van der Waals surface area contributed by atoms with E-state index in [0.29, 0.717) is 5.82 Å². The molecule has 0 amide bonds. The first-order chi connectivity index (χ1) is 27.8. The molecule has 0 saturated carbocycles. The standard InChI is InChI=1S/C52H33N3O/c1-3-14-34(15-4-1)35-28-30-36(31-29-35)37-16-11-17-38(32-37)39-18-12-19-40(33-39)50-49-42-22-7-9-25-45(42)55(41-20-5-2-6-21-41)52(49)54-51(53-50)44-24-13-27-47-48(44)43-23-8-10-26-46(43)56-47/h1-33H. The molecular formula is C52H33N3O. The molecule has 0 spiro atoms. The van der Waals surface area contributed by atoms with Crippen LogP contribution in [0.3, 0.4) is 0 Å².